The number of hydrogen-bond donors (Lipinski definition) is 1. The molecule has 9 nitrogen and oxygen atoms in total. The van der Waals surface area contributed by atoms with E-state index < -0.39 is 15.7 Å². The second-order valence-corrected chi connectivity index (χ2v) is 12.9. The van der Waals surface area contributed by atoms with Crippen LogP contribution in [0.3, 0.4) is 0 Å². The van der Waals surface area contributed by atoms with Crippen LogP contribution in [0.1, 0.15) is 29.7 Å². The van der Waals surface area contributed by atoms with Crippen LogP contribution in [0.25, 0.3) is 0 Å². The second kappa shape index (κ2) is 13.3. The van der Waals surface area contributed by atoms with E-state index in [0.717, 1.165) is 37.2 Å². The van der Waals surface area contributed by atoms with Gasteiger partial charge in [-0.1, -0.05) is 24.3 Å². The minimum atomic E-state index is -3.10. The Morgan fingerprint density at radius 1 is 1.00 bits per heavy atom. The van der Waals surface area contributed by atoms with E-state index in [1.165, 1.54) is 18.4 Å². The van der Waals surface area contributed by atoms with Crippen LogP contribution in [0.2, 0.25) is 0 Å². The molecule has 2 aromatic heterocycles. The molecule has 1 saturated heterocycles. The number of amides is 2. The molecule has 0 spiro atoms. The predicted octanol–water partition coefficient (Wildman–Crippen LogP) is 5.96. The van der Waals surface area contributed by atoms with E-state index >= 15 is 0 Å². The normalized spacial score (nSPS) is 14.3. The number of likely N-dealkylation sites (tertiary alicyclic amines) is 1. The molecule has 5 rings (SSSR count). The Hall–Kier alpha value is -4.35. The summed E-state index contributed by atoms with van der Waals surface area (Å²) >= 11 is 0. The average Bonchev–Trinajstić information content (AvgIpc) is 2.97. The van der Waals surface area contributed by atoms with E-state index in [0.29, 0.717) is 35.1 Å². The highest BCUT2D eigenvalue weighted by Gasteiger charge is 2.30. The number of benzene rings is 2. The zero-order valence-corrected chi connectivity index (χ0v) is 24.9. The third kappa shape index (κ3) is 8.59. The number of urea groups is 1. The lowest BCUT2D eigenvalue weighted by atomic mass is 10.0. The quantitative estimate of drug-likeness (QED) is 0.252. The van der Waals surface area contributed by atoms with Crippen molar-refractivity contribution in [1.29, 1.82) is 0 Å². The Morgan fingerprint density at radius 2 is 1.74 bits per heavy atom. The highest BCUT2D eigenvalue weighted by atomic mass is 32.2. The van der Waals surface area contributed by atoms with Gasteiger partial charge in [-0.3, -0.25) is 14.8 Å². The summed E-state index contributed by atoms with van der Waals surface area (Å²) in [5.41, 5.74) is 3.67. The van der Waals surface area contributed by atoms with Crippen molar-refractivity contribution in [2.24, 2.45) is 0 Å². The molecule has 0 radical (unpaired) electrons. The zero-order valence-electron chi connectivity index (χ0n) is 24.1. The molecule has 11 heteroatoms. The van der Waals surface area contributed by atoms with E-state index in [-0.39, 0.29) is 17.8 Å². The largest absolute Gasteiger partial charge is 0.439 e. The van der Waals surface area contributed by atoms with Gasteiger partial charge in [0.2, 0.25) is 5.88 Å². The molecule has 0 saturated carbocycles. The average molecular weight is 604 g/mol. The molecular formula is C32H34FN5O4S. The number of ether oxygens (including phenoxy) is 1. The first kappa shape index (κ1) is 30.1. The fraction of sp³-hybridized carbons (Fsp3) is 0.281. The second-order valence-electron chi connectivity index (χ2n) is 10.8. The van der Waals surface area contributed by atoms with Crippen LogP contribution in [0.15, 0.2) is 85.2 Å². The fourth-order valence-corrected chi connectivity index (χ4v) is 5.88. The number of piperidine rings is 1. The Kier molecular flexibility index (Phi) is 9.32. The standard InChI is InChI=1S/C32H34FN5O4S/c1-23-6-10-27(20-34-23)36-32(39)38(29-5-3-4-26(33)18-29)28-14-16-37(17-15-28)21-25-9-13-31(35-19-25)42-30-11-7-24(8-12-30)22-43(2,40)41/h3-13,18-20,28H,14-17,21-22H2,1-2H3,(H,36,39). The summed E-state index contributed by atoms with van der Waals surface area (Å²) in [6.45, 7) is 4.09. The molecule has 4 aromatic rings. The van der Waals surface area contributed by atoms with Gasteiger partial charge in [0.25, 0.3) is 0 Å². The summed E-state index contributed by atoms with van der Waals surface area (Å²) < 4.78 is 42.9. The van der Waals surface area contributed by atoms with Crippen molar-refractivity contribution in [3.8, 4) is 11.6 Å². The molecule has 1 aliphatic heterocycles. The lowest BCUT2D eigenvalue weighted by Gasteiger charge is -2.38. The number of nitrogens with one attached hydrogen (secondary N) is 1. The number of carbonyl (C=O) groups excluding carboxylic acids is 1. The van der Waals surface area contributed by atoms with Gasteiger partial charge in [0.15, 0.2) is 9.84 Å². The molecule has 1 fully saturated rings. The maximum absolute atomic E-state index is 14.1. The summed E-state index contributed by atoms with van der Waals surface area (Å²) in [7, 11) is -3.10. The number of nitrogens with zero attached hydrogens (tertiary/aromatic N) is 4. The molecule has 1 aliphatic rings. The van der Waals surface area contributed by atoms with Gasteiger partial charge < -0.3 is 10.1 Å². The van der Waals surface area contributed by atoms with Crippen molar-refractivity contribution in [1.82, 2.24) is 14.9 Å². The van der Waals surface area contributed by atoms with Crippen molar-refractivity contribution >= 4 is 27.2 Å². The molecule has 2 aromatic carbocycles. The number of anilines is 2. The van der Waals surface area contributed by atoms with Gasteiger partial charge in [-0.2, -0.15) is 0 Å². The van der Waals surface area contributed by atoms with Crippen LogP contribution in [0.4, 0.5) is 20.6 Å². The van der Waals surface area contributed by atoms with Crippen LogP contribution in [-0.4, -0.2) is 54.7 Å². The van der Waals surface area contributed by atoms with E-state index in [2.05, 4.69) is 20.2 Å². The summed E-state index contributed by atoms with van der Waals surface area (Å²) in [5, 5.41) is 2.91. The van der Waals surface area contributed by atoms with Crippen LogP contribution in [-0.2, 0) is 22.1 Å². The van der Waals surface area contributed by atoms with Gasteiger partial charge in [0, 0.05) is 55.6 Å². The van der Waals surface area contributed by atoms with E-state index in [1.807, 2.05) is 25.1 Å². The minimum absolute atomic E-state index is 0.0152. The number of aryl methyl sites for hydroxylation is 1. The third-order valence-corrected chi connectivity index (χ3v) is 8.03. The van der Waals surface area contributed by atoms with Crippen LogP contribution >= 0.6 is 0 Å². The van der Waals surface area contributed by atoms with Gasteiger partial charge >= 0.3 is 6.03 Å². The summed E-state index contributed by atoms with van der Waals surface area (Å²) in [4.78, 5) is 26.1. The number of aromatic nitrogens is 2. The van der Waals surface area contributed by atoms with Crippen molar-refractivity contribution < 1.29 is 22.3 Å². The molecule has 1 N–H and O–H groups in total. The minimum Gasteiger partial charge on any atom is -0.439 e. The monoisotopic (exact) mass is 603 g/mol. The van der Waals surface area contributed by atoms with Crippen LogP contribution < -0.4 is 15.0 Å². The molecule has 0 atom stereocenters. The Morgan fingerprint density at radius 3 is 2.37 bits per heavy atom. The lowest BCUT2D eigenvalue weighted by molar-refractivity contribution is 0.199. The van der Waals surface area contributed by atoms with Crippen molar-refractivity contribution in [2.45, 2.75) is 38.1 Å². The number of halogens is 1. The van der Waals surface area contributed by atoms with Gasteiger partial charge in [-0.05, 0) is 73.4 Å². The van der Waals surface area contributed by atoms with E-state index in [1.54, 1.807) is 59.8 Å². The Labute approximate surface area is 251 Å². The SMILES string of the molecule is Cc1ccc(NC(=O)N(c2cccc(F)c2)C2CCN(Cc3ccc(Oc4ccc(CS(C)(=O)=O)cc4)nc3)CC2)cn1. The molecule has 0 unspecified atom stereocenters. The first-order chi connectivity index (χ1) is 20.6. The maximum atomic E-state index is 14.1. The number of pyridine rings is 2. The number of carbonyl (C=O) groups is 1. The Bertz CT molecular complexity index is 1640. The highest BCUT2D eigenvalue weighted by molar-refractivity contribution is 7.89. The summed E-state index contributed by atoms with van der Waals surface area (Å²) in [6, 6.07) is 20.0. The third-order valence-electron chi connectivity index (χ3n) is 7.17. The zero-order chi connectivity index (χ0) is 30.4. The van der Waals surface area contributed by atoms with Crippen molar-refractivity contribution in [2.75, 3.05) is 29.6 Å². The molecule has 2 amide bonds. The highest BCUT2D eigenvalue weighted by Crippen LogP contribution is 2.27. The van der Waals surface area contributed by atoms with Gasteiger partial charge in [0.1, 0.15) is 11.6 Å². The molecule has 3 heterocycles. The molecule has 43 heavy (non-hydrogen) atoms. The van der Waals surface area contributed by atoms with Crippen LogP contribution in [0, 0.1) is 12.7 Å². The van der Waals surface area contributed by atoms with E-state index in [4.69, 9.17) is 4.74 Å². The van der Waals surface area contributed by atoms with Gasteiger partial charge in [0.05, 0.1) is 17.6 Å². The van der Waals surface area contributed by atoms with Crippen LogP contribution in [0.5, 0.6) is 11.6 Å². The lowest BCUT2D eigenvalue weighted by Crippen LogP contribution is -2.49. The molecule has 0 aliphatic carbocycles. The molecule has 224 valence electrons. The number of rotatable bonds is 9. The summed E-state index contributed by atoms with van der Waals surface area (Å²) in [5.74, 6) is 0.608. The molecular weight excluding hydrogens is 569 g/mol. The maximum Gasteiger partial charge on any atom is 0.326 e. The number of sulfone groups is 1. The summed E-state index contributed by atoms with van der Waals surface area (Å²) in [6.07, 6.45) is 6.04. The smallest absolute Gasteiger partial charge is 0.326 e. The first-order valence-electron chi connectivity index (χ1n) is 14.0. The fourth-order valence-electron chi connectivity index (χ4n) is 5.08. The van der Waals surface area contributed by atoms with Crippen molar-refractivity contribution in [3.05, 3.63) is 108 Å². The predicted molar refractivity (Wildman–Crippen MR) is 164 cm³/mol. The molecule has 0 bridgehead atoms. The van der Waals surface area contributed by atoms with Gasteiger partial charge in [-0.15, -0.1) is 0 Å². The van der Waals surface area contributed by atoms with Gasteiger partial charge in [-0.25, -0.2) is 22.6 Å². The first-order valence-corrected chi connectivity index (χ1v) is 16.1. The van der Waals surface area contributed by atoms with E-state index in [9.17, 15) is 17.6 Å². The topological polar surface area (TPSA) is 105 Å². The Balaban J connectivity index is 1.18. The number of hydrogen-bond acceptors (Lipinski definition) is 7. The van der Waals surface area contributed by atoms with Crippen molar-refractivity contribution in [3.63, 3.8) is 0 Å².